The smallest absolute Gasteiger partial charge is 0.324 e. The average Bonchev–Trinajstić information content (AvgIpc) is 2.46. The van der Waals surface area contributed by atoms with Gasteiger partial charge in [-0.3, -0.25) is 4.18 Å². The molecule has 0 aliphatic heterocycles. The molecule has 1 unspecified atom stereocenters. The van der Waals surface area contributed by atoms with Crippen molar-refractivity contribution < 1.29 is 12.6 Å². The lowest BCUT2D eigenvalue weighted by Gasteiger charge is -2.27. The fourth-order valence-electron chi connectivity index (χ4n) is 2.51. The Kier molecular flexibility index (Phi) is 7.67. The largest absolute Gasteiger partial charge is 0.333 e. The minimum atomic E-state index is -3.72. The highest BCUT2D eigenvalue weighted by molar-refractivity contribution is 7.84. The zero-order valence-corrected chi connectivity index (χ0v) is 15.2. The molecule has 0 radical (unpaired) electrons. The molecule has 1 aliphatic rings. The third-order valence-corrected chi connectivity index (χ3v) is 4.45. The topological polar surface area (TPSA) is 95.4 Å². The molecular formula is C17H30N2O3S. The molecule has 4 N–H and O–H groups in total. The van der Waals surface area contributed by atoms with Crippen molar-refractivity contribution in [1.82, 2.24) is 0 Å². The highest BCUT2D eigenvalue weighted by Gasteiger charge is 2.21. The van der Waals surface area contributed by atoms with Crippen LogP contribution in [0.4, 0.5) is 0 Å². The fourth-order valence-corrected chi connectivity index (χ4v) is 3.08. The summed E-state index contributed by atoms with van der Waals surface area (Å²) in [6.45, 7) is 6.47. The van der Waals surface area contributed by atoms with Crippen LogP contribution < -0.4 is 10.9 Å². The molecular weight excluding hydrogens is 312 g/mol. The van der Waals surface area contributed by atoms with Gasteiger partial charge in [-0.25, -0.2) is 5.14 Å². The van der Waals surface area contributed by atoms with Gasteiger partial charge in [-0.05, 0) is 23.8 Å². The summed E-state index contributed by atoms with van der Waals surface area (Å²) in [6, 6.07) is 10.4. The van der Waals surface area contributed by atoms with Crippen LogP contribution in [0.2, 0.25) is 0 Å². The molecule has 1 aromatic rings. The normalized spacial score (nSPS) is 18.0. The number of hydrogen-bond donors (Lipinski definition) is 2. The van der Waals surface area contributed by atoms with E-state index in [1.165, 1.54) is 12.0 Å². The number of nitrogens with two attached hydrogens (primary N) is 2. The number of rotatable bonds is 3. The van der Waals surface area contributed by atoms with Crippen molar-refractivity contribution in [2.45, 2.75) is 65.0 Å². The van der Waals surface area contributed by atoms with E-state index in [0.717, 1.165) is 25.7 Å². The van der Waals surface area contributed by atoms with E-state index in [1.54, 1.807) is 0 Å². The van der Waals surface area contributed by atoms with Crippen LogP contribution in [0.25, 0.3) is 0 Å². The van der Waals surface area contributed by atoms with Crippen LogP contribution in [-0.2, 0) is 14.5 Å². The van der Waals surface area contributed by atoms with Gasteiger partial charge in [0, 0.05) is 6.04 Å². The maximum Gasteiger partial charge on any atom is 0.333 e. The molecule has 1 atom stereocenters. The van der Waals surface area contributed by atoms with Crippen molar-refractivity contribution in [3.05, 3.63) is 35.9 Å². The first-order valence-electron chi connectivity index (χ1n) is 8.11. The predicted molar refractivity (Wildman–Crippen MR) is 93.9 cm³/mol. The summed E-state index contributed by atoms with van der Waals surface area (Å²) in [5.41, 5.74) is 7.43. The zero-order chi connectivity index (χ0) is 17.5. The molecule has 1 aromatic carbocycles. The van der Waals surface area contributed by atoms with Crippen molar-refractivity contribution >= 4 is 10.3 Å². The summed E-state index contributed by atoms with van der Waals surface area (Å²) in [4.78, 5) is 0. The van der Waals surface area contributed by atoms with Crippen molar-refractivity contribution in [2.24, 2.45) is 16.3 Å². The molecule has 1 saturated carbocycles. The average molecular weight is 343 g/mol. The Morgan fingerprint density at radius 2 is 1.61 bits per heavy atom. The maximum absolute atomic E-state index is 10.5. The zero-order valence-electron chi connectivity index (χ0n) is 14.4. The maximum atomic E-state index is 10.5. The molecule has 0 saturated heterocycles. The van der Waals surface area contributed by atoms with Gasteiger partial charge < -0.3 is 5.73 Å². The van der Waals surface area contributed by atoms with Gasteiger partial charge in [-0.1, -0.05) is 70.4 Å². The molecule has 132 valence electrons. The van der Waals surface area contributed by atoms with Gasteiger partial charge in [0.2, 0.25) is 0 Å². The van der Waals surface area contributed by atoms with E-state index in [0.29, 0.717) is 0 Å². The minimum absolute atomic E-state index is 0.124. The molecule has 1 aliphatic carbocycles. The minimum Gasteiger partial charge on any atom is -0.324 e. The van der Waals surface area contributed by atoms with Crippen molar-refractivity contribution in [2.75, 3.05) is 0 Å². The molecule has 23 heavy (non-hydrogen) atoms. The van der Waals surface area contributed by atoms with Crippen LogP contribution in [0.15, 0.2) is 30.3 Å². The Hall–Kier alpha value is -0.950. The lowest BCUT2D eigenvalue weighted by molar-refractivity contribution is 0.162. The molecule has 2 rings (SSSR count). The number of benzene rings is 1. The summed E-state index contributed by atoms with van der Waals surface area (Å²) in [5, 5.41) is 4.72. The highest BCUT2D eigenvalue weighted by atomic mass is 32.2. The van der Waals surface area contributed by atoms with Crippen LogP contribution >= 0.6 is 0 Å². The van der Waals surface area contributed by atoms with Crippen LogP contribution in [0, 0.1) is 5.41 Å². The lowest BCUT2D eigenvalue weighted by atomic mass is 9.83. The number of hydrogen-bond acceptors (Lipinski definition) is 4. The van der Waals surface area contributed by atoms with Gasteiger partial charge in [-0.2, -0.15) is 8.42 Å². The Morgan fingerprint density at radius 3 is 2.04 bits per heavy atom. The fraction of sp³-hybridized carbons (Fsp3) is 0.647. The van der Waals surface area contributed by atoms with E-state index in [4.69, 9.17) is 10.9 Å². The first kappa shape index (κ1) is 20.1. The molecule has 0 spiro atoms. The van der Waals surface area contributed by atoms with E-state index in [2.05, 4.69) is 37.1 Å². The molecule has 5 nitrogen and oxygen atoms in total. The Morgan fingerprint density at radius 1 is 1.09 bits per heavy atom. The van der Waals surface area contributed by atoms with Crippen LogP contribution in [0.1, 0.15) is 64.5 Å². The predicted octanol–water partition coefficient (Wildman–Crippen LogP) is 3.27. The summed E-state index contributed by atoms with van der Waals surface area (Å²) in [5.74, 6) is 0. The van der Waals surface area contributed by atoms with Gasteiger partial charge in [0.1, 0.15) is 0 Å². The molecule has 0 amide bonds. The second-order valence-corrected chi connectivity index (χ2v) is 8.28. The lowest BCUT2D eigenvalue weighted by Crippen LogP contribution is -2.25. The third-order valence-electron chi connectivity index (χ3n) is 3.91. The standard InChI is InChI=1S/C11H17N.C6H13NO3S/c1-11(2,3)10(12)9-7-5-4-6-8-9;7-11(8,9)10-6-4-2-1-3-5-6/h4-8,10H,12H2,1-3H3;6H,1-5H2,(H2,7,8,9). The first-order valence-corrected chi connectivity index (χ1v) is 9.58. The van der Waals surface area contributed by atoms with Crippen LogP contribution in [0.5, 0.6) is 0 Å². The second kappa shape index (κ2) is 8.78. The third kappa shape index (κ3) is 8.46. The van der Waals surface area contributed by atoms with Gasteiger partial charge in [0.25, 0.3) is 0 Å². The summed E-state index contributed by atoms with van der Waals surface area (Å²) < 4.78 is 25.5. The second-order valence-electron chi connectivity index (χ2n) is 7.10. The summed E-state index contributed by atoms with van der Waals surface area (Å²) in [7, 11) is -3.72. The summed E-state index contributed by atoms with van der Waals surface area (Å²) in [6.07, 6.45) is 4.72. The van der Waals surface area contributed by atoms with E-state index in [1.807, 2.05) is 18.2 Å². The van der Waals surface area contributed by atoms with E-state index >= 15 is 0 Å². The molecule has 0 aromatic heterocycles. The first-order chi connectivity index (χ1) is 10.6. The Balaban J connectivity index is 0.000000231. The SMILES string of the molecule is CC(C)(C)C(N)c1ccccc1.NS(=O)(=O)OC1CCCCC1. The molecule has 6 heteroatoms. The quantitative estimate of drug-likeness (QED) is 0.881. The Labute approximate surface area is 140 Å². The van der Waals surface area contributed by atoms with Gasteiger partial charge >= 0.3 is 10.3 Å². The molecule has 0 bridgehead atoms. The Bertz CT molecular complexity index is 547. The van der Waals surface area contributed by atoms with Crippen molar-refractivity contribution in [1.29, 1.82) is 0 Å². The molecule has 0 heterocycles. The van der Waals surface area contributed by atoms with Gasteiger partial charge in [0.15, 0.2) is 0 Å². The molecule has 1 fully saturated rings. The van der Waals surface area contributed by atoms with Crippen LogP contribution in [0.3, 0.4) is 0 Å². The van der Waals surface area contributed by atoms with Crippen molar-refractivity contribution in [3.8, 4) is 0 Å². The van der Waals surface area contributed by atoms with Crippen LogP contribution in [-0.4, -0.2) is 14.5 Å². The van der Waals surface area contributed by atoms with Gasteiger partial charge in [-0.15, -0.1) is 0 Å². The van der Waals surface area contributed by atoms with Gasteiger partial charge in [0.05, 0.1) is 6.10 Å². The van der Waals surface area contributed by atoms with E-state index in [-0.39, 0.29) is 17.6 Å². The van der Waals surface area contributed by atoms with E-state index in [9.17, 15) is 8.42 Å². The van der Waals surface area contributed by atoms with E-state index < -0.39 is 10.3 Å². The summed E-state index contributed by atoms with van der Waals surface area (Å²) >= 11 is 0. The monoisotopic (exact) mass is 342 g/mol. The highest BCUT2D eigenvalue weighted by Crippen LogP contribution is 2.29. The van der Waals surface area contributed by atoms with Crippen molar-refractivity contribution in [3.63, 3.8) is 0 Å².